The summed E-state index contributed by atoms with van der Waals surface area (Å²) in [6.45, 7) is 0.631. The molecule has 3 rings (SSSR count). The molecule has 4 nitrogen and oxygen atoms in total. The van der Waals surface area contributed by atoms with Gasteiger partial charge in [-0.2, -0.15) is 0 Å². The first kappa shape index (κ1) is 18.6. The van der Waals surface area contributed by atoms with Crippen molar-refractivity contribution in [3.05, 3.63) is 29.8 Å². The first-order valence-electron chi connectivity index (χ1n) is 8.14. The molecule has 6 heteroatoms. The Morgan fingerprint density at radius 3 is 2.87 bits per heavy atom. The van der Waals surface area contributed by atoms with Gasteiger partial charge in [0.15, 0.2) is 0 Å². The molecule has 2 N–H and O–H groups in total. The predicted molar refractivity (Wildman–Crippen MR) is 98.2 cm³/mol. The minimum Gasteiger partial charge on any atom is -0.374 e. The van der Waals surface area contributed by atoms with Crippen molar-refractivity contribution in [1.29, 1.82) is 0 Å². The van der Waals surface area contributed by atoms with Gasteiger partial charge in [0.05, 0.1) is 18.8 Å². The van der Waals surface area contributed by atoms with E-state index in [1.165, 1.54) is 32.1 Å². The molecule has 2 fully saturated rings. The Morgan fingerprint density at radius 2 is 2.13 bits per heavy atom. The van der Waals surface area contributed by atoms with Gasteiger partial charge in [0.2, 0.25) is 5.91 Å². The topological polar surface area (TPSA) is 50.4 Å². The third-order valence-corrected chi connectivity index (χ3v) is 5.21. The molecular weight excluding hydrogens is 332 g/mol. The molecule has 0 spiro atoms. The summed E-state index contributed by atoms with van der Waals surface area (Å²) >= 11 is 1.76. The molecule has 0 bridgehead atoms. The number of hydrogen-bond acceptors (Lipinski definition) is 4. The standard InChI is InChI=1S/C17H24N2O2S.ClH/c20-17(16-11-22-12-18-16)19-14-6-4-5-13(9-14)10-21-15-7-2-1-3-8-15;/h4-6,9,15-16,18H,1-3,7-8,10-12H2,(H,19,20);1H. The van der Waals surface area contributed by atoms with Crippen molar-refractivity contribution in [1.82, 2.24) is 5.32 Å². The van der Waals surface area contributed by atoms with Crippen LogP contribution in [-0.2, 0) is 16.1 Å². The Labute approximate surface area is 148 Å². The molecule has 2 aliphatic rings. The second-order valence-electron chi connectivity index (χ2n) is 6.03. The van der Waals surface area contributed by atoms with Crippen LogP contribution in [0.1, 0.15) is 37.7 Å². The molecule has 128 valence electrons. The fraction of sp³-hybridized carbons (Fsp3) is 0.588. The highest BCUT2D eigenvalue weighted by atomic mass is 35.5. The lowest BCUT2D eigenvalue weighted by molar-refractivity contribution is -0.117. The van der Waals surface area contributed by atoms with Crippen LogP contribution < -0.4 is 10.6 Å². The van der Waals surface area contributed by atoms with Crippen LogP contribution in [0.4, 0.5) is 5.69 Å². The number of rotatable bonds is 5. The molecule has 23 heavy (non-hydrogen) atoms. The molecule has 1 aromatic carbocycles. The van der Waals surface area contributed by atoms with E-state index in [9.17, 15) is 4.79 Å². The van der Waals surface area contributed by atoms with E-state index >= 15 is 0 Å². The lowest BCUT2D eigenvalue weighted by atomic mass is 9.98. The molecule has 1 amide bonds. The predicted octanol–water partition coefficient (Wildman–Crippen LogP) is 3.56. The first-order chi connectivity index (χ1) is 10.8. The fourth-order valence-electron chi connectivity index (χ4n) is 2.98. The van der Waals surface area contributed by atoms with Gasteiger partial charge < -0.3 is 10.1 Å². The second kappa shape index (κ2) is 9.52. The third-order valence-electron chi connectivity index (χ3n) is 4.27. The number of amides is 1. The highest BCUT2D eigenvalue weighted by molar-refractivity contribution is 7.99. The van der Waals surface area contributed by atoms with Crippen molar-refractivity contribution in [2.24, 2.45) is 0 Å². The van der Waals surface area contributed by atoms with Crippen LogP contribution in [0.3, 0.4) is 0 Å². The van der Waals surface area contributed by atoms with Crippen molar-refractivity contribution in [3.8, 4) is 0 Å². The Hall–Kier alpha value is -0.750. The minimum absolute atomic E-state index is 0. The first-order valence-corrected chi connectivity index (χ1v) is 9.29. The minimum atomic E-state index is -0.0767. The average molecular weight is 357 g/mol. The zero-order valence-electron chi connectivity index (χ0n) is 13.3. The van der Waals surface area contributed by atoms with Crippen LogP contribution in [-0.4, -0.2) is 29.7 Å². The largest absolute Gasteiger partial charge is 0.374 e. The van der Waals surface area contributed by atoms with Crippen molar-refractivity contribution in [2.45, 2.75) is 50.9 Å². The summed E-state index contributed by atoms with van der Waals surface area (Å²) in [6.07, 6.45) is 6.68. The Bertz CT molecular complexity index is 503. The van der Waals surface area contributed by atoms with Crippen LogP contribution in [0.2, 0.25) is 0 Å². The van der Waals surface area contributed by atoms with E-state index in [-0.39, 0.29) is 24.4 Å². The van der Waals surface area contributed by atoms with E-state index in [2.05, 4.69) is 16.7 Å². The quantitative estimate of drug-likeness (QED) is 0.847. The molecule has 1 heterocycles. The van der Waals surface area contributed by atoms with E-state index < -0.39 is 0 Å². The molecule has 1 unspecified atom stereocenters. The zero-order chi connectivity index (χ0) is 15.2. The number of carbonyl (C=O) groups is 1. The summed E-state index contributed by atoms with van der Waals surface area (Å²) < 4.78 is 6.00. The van der Waals surface area contributed by atoms with Crippen molar-refractivity contribution in [2.75, 3.05) is 16.9 Å². The number of benzene rings is 1. The Morgan fingerprint density at radius 1 is 1.30 bits per heavy atom. The number of halogens is 1. The monoisotopic (exact) mass is 356 g/mol. The Balaban J connectivity index is 0.00000192. The molecule has 1 saturated carbocycles. The van der Waals surface area contributed by atoms with Crippen LogP contribution in [0.25, 0.3) is 0 Å². The lowest BCUT2D eigenvalue weighted by Gasteiger charge is -2.22. The van der Waals surface area contributed by atoms with Crippen molar-refractivity contribution >= 4 is 35.8 Å². The Kier molecular flexibility index (Phi) is 7.70. The maximum atomic E-state index is 12.1. The van der Waals surface area contributed by atoms with Crippen LogP contribution >= 0.6 is 24.2 Å². The maximum absolute atomic E-state index is 12.1. The third kappa shape index (κ3) is 5.68. The molecular formula is C17H25ClN2O2S. The van der Waals surface area contributed by atoms with E-state index in [0.717, 1.165) is 22.9 Å². The number of thioether (sulfide) groups is 1. The maximum Gasteiger partial charge on any atom is 0.242 e. The SMILES string of the molecule is Cl.O=C(Nc1cccc(COC2CCCCC2)c1)C1CSCN1. The van der Waals surface area contributed by atoms with Crippen LogP contribution in [0.5, 0.6) is 0 Å². The molecule has 0 aromatic heterocycles. The van der Waals surface area contributed by atoms with E-state index in [1.54, 1.807) is 11.8 Å². The highest BCUT2D eigenvalue weighted by Gasteiger charge is 2.22. The summed E-state index contributed by atoms with van der Waals surface area (Å²) in [4.78, 5) is 12.1. The fourth-order valence-corrected chi connectivity index (χ4v) is 3.92. The zero-order valence-corrected chi connectivity index (χ0v) is 14.9. The summed E-state index contributed by atoms with van der Waals surface area (Å²) in [7, 11) is 0. The second-order valence-corrected chi connectivity index (χ2v) is 7.06. The summed E-state index contributed by atoms with van der Waals surface area (Å²) in [5, 5.41) is 6.18. The molecule has 1 atom stereocenters. The van der Waals surface area contributed by atoms with Crippen LogP contribution in [0.15, 0.2) is 24.3 Å². The number of ether oxygens (including phenoxy) is 1. The van der Waals surface area contributed by atoms with Gasteiger partial charge >= 0.3 is 0 Å². The van der Waals surface area contributed by atoms with Gasteiger partial charge in [-0.15, -0.1) is 24.2 Å². The van der Waals surface area contributed by atoms with Gasteiger partial charge in [0, 0.05) is 17.3 Å². The van der Waals surface area contributed by atoms with Gasteiger partial charge in [0.25, 0.3) is 0 Å². The molecule has 1 saturated heterocycles. The van der Waals surface area contributed by atoms with E-state index in [4.69, 9.17) is 4.74 Å². The number of carbonyl (C=O) groups excluding carboxylic acids is 1. The van der Waals surface area contributed by atoms with E-state index in [1.807, 2.05) is 18.2 Å². The normalized spacial score (nSPS) is 21.7. The average Bonchev–Trinajstić information content (AvgIpc) is 3.09. The summed E-state index contributed by atoms with van der Waals surface area (Å²) in [6, 6.07) is 7.91. The number of nitrogens with one attached hydrogen (secondary N) is 2. The summed E-state index contributed by atoms with van der Waals surface area (Å²) in [5.41, 5.74) is 1.98. The van der Waals surface area contributed by atoms with Crippen LogP contribution in [0, 0.1) is 0 Å². The van der Waals surface area contributed by atoms with E-state index in [0.29, 0.717) is 12.7 Å². The highest BCUT2D eigenvalue weighted by Crippen LogP contribution is 2.22. The van der Waals surface area contributed by atoms with Gasteiger partial charge in [-0.1, -0.05) is 31.4 Å². The summed E-state index contributed by atoms with van der Waals surface area (Å²) in [5.74, 6) is 1.75. The number of anilines is 1. The van der Waals surface area contributed by atoms with Gasteiger partial charge in [-0.3, -0.25) is 10.1 Å². The molecule has 1 aromatic rings. The molecule has 0 radical (unpaired) electrons. The molecule has 1 aliphatic carbocycles. The van der Waals surface area contributed by atoms with Gasteiger partial charge in [-0.05, 0) is 30.5 Å². The molecule has 1 aliphatic heterocycles. The van der Waals surface area contributed by atoms with Crippen molar-refractivity contribution in [3.63, 3.8) is 0 Å². The van der Waals surface area contributed by atoms with Gasteiger partial charge in [-0.25, -0.2) is 0 Å². The van der Waals surface area contributed by atoms with Gasteiger partial charge in [0.1, 0.15) is 0 Å². The lowest BCUT2D eigenvalue weighted by Crippen LogP contribution is -2.37. The van der Waals surface area contributed by atoms with Crippen molar-refractivity contribution < 1.29 is 9.53 Å². The number of hydrogen-bond donors (Lipinski definition) is 2. The smallest absolute Gasteiger partial charge is 0.242 e.